The molecule has 122 valence electrons. The third kappa shape index (κ3) is 4.75. The van der Waals surface area contributed by atoms with Gasteiger partial charge in [-0.1, -0.05) is 59.1 Å². The van der Waals surface area contributed by atoms with E-state index < -0.39 is 21.8 Å². The zero-order valence-electron chi connectivity index (χ0n) is 11.4. The van der Waals surface area contributed by atoms with Crippen LogP contribution in [-0.4, -0.2) is 21.8 Å². The average Bonchev–Trinajstić information content (AvgIpc) is 3.00. The van der Waals surface area contributed by atoms with Gasteiger partial charge in [-0.2, -0.15) is 0 Å². The van der Waals surface area contributed by atoms with Crippen molar-refractivity contribution in [1.29, 1.82) is 0 Å². The SMILES string of the molecule is O=C(NC(Nc1ccccc1C(=O)[O-])C(Cl)(Cl)Cl)c1cccs1. The molecule has 0 radical (unpaired) electrons. The maximum absolute atomic E-state index is 12.1. The van der Waals surface area contributed by atoms with E-state index in [0.717, 1.165) is 0 Å². The molecule has 0 saturated heterocycles. The summed E-state index contributed by atoms with van der Waals surface area (Å²) in [5.74, 6) is -1.84. The Labute approximate surface area is 151 Å². The molecular formula is C14H10Cl3N2O3S-. The fourth-order valence-corrected chi connectivity index (χ4v) is 2.71. The summed E-state index contributed by atoms with van der Waals surface area (Å²) in [7, 11) is 0. The van der Waals surface area contributed by atoms with Crippen molar-refractivity contribution in [2.75, 3.05) is 5.32 Å². The van der Waals surface area contributed by atoms with Crippen molar-refractivity contribution in [3.63, 3.8) is 0 Å². The number of carbonyl (C=O) groups excluding carboxylic acids is 2. The first kappa shape index (κ1) is 17.9. The van der Waals surface area contributed by atoms with Crippen LogP contribution in [0.4, 0.5) is 5.69 Å². The lowest BCUT2D eigenvalue weighted by Crippen LogP contribution is -2.49. The van der Waals surface area contributed by atoms with Gasteiger partial charge in [0.05, 0.1) is 10.8 Å². The summed E-state index contributed by atoms with van der Waals surface area (Å²) in [6, 6.07) is 9.28. The second kappa shape index (κ2) is 7.40. The van der Waals surface area contributed by atoms with Crippen molar-refractivity contribution in [1.82, 2.24) is 5.32 Å². The lowest BCUT2D eigenvalue weighted by Gasteiger charge is -2.28. The summed E-state index contributed by atoms with van der Waals surface area (Å²) >= 11 is 18.9. The molecule has 0 aliphatic carbocycles. The molecule has 9 heteroatoms. The molecular weight excluding hydrogens is 383 g/mol. The highest BCUT2D eigenvalue weighted by atomic mass is 35.6. The maximum Gasteiger partial charge on any atom is 0.263 e. The van der Waals surface area contributed by atoms with Gasteiger partial charge in [-0.3, -0.25) is 4.79 Å². The van der Waals surface area contributed by atoms with Crippen LogP contribution >= 0.6 is 46.1 Å². The highest BCUT2D eigenvalue weighted by Gasteiger charge is 2.34. The normalized spacial score (nSPS) is 12.5. The Bertz CT molecular complexity index is 702. The van der Waals surface area contributed by atoms with Crippen LogP contribution < -0.4 is 15.7 Å². The lowest BCUT2D eigenvalue weighted by molar-refractivity contribution is -0.254. The number of hydrogen-bond acceptors (Lipinski definition) is 5. The summed E-state index contributed by atoms with van der Waals surface area (Å²) in [5.41, 5.74) is 0.0485. The van der Waals surface area contributed by atoms with E-state index in [4.69, 9.17) is 34.8 Å². The zero-order chi connectivity index (χ0) is 17.0. The number of anilines is 1. The standard InChI is InChI=1S/C14H11Cl3N2O3S/c15-14(16,17)13(19-11(20)10-6-3-7-23-10)18-9-5-2-1-4-8(9)12(21)22/h1-7,13,18H,(H,19,20)(H,21,22)/p-1. The number of amides is 1. The molecule has 0 bridgehead atoms. The predicted molar refractivity (Wildman–Crippen MR) is 90.3 cm³/mol. The van der Waals surface area contributed by atoms with Crippen LogP contribution in [0.2, 0.25) is 0 Å². The van der Waals surface area contributed by atoms with Crippen molar-refractivity contribution < 1.29 is 14.7 Å². The van der Waals surface area contributed by atoms with Gasteiger partial charge in [-0.25, -0.2) is 0 Å². The van der Waals surface area contributed by atoms with E-state index in [1.54, 1.807) is 23.6 Å². The molecule has 23 heavy (non-hydrogen) atoms. The quantitative estimate of drug-likeness (QED) is 0.605. The van der Waals surface area contributed by atoms with Crippen LogP contribution in [0, 0.1) is 0 Å². The Morgan fingerprint density at radius 1 is 1.13 bits per heavy atom. The van der Waals surface area contributed by atoms with Crippen molar-refractivity contribution in [2.45, 2.75) is 9.96 Å². The fourth-order valence-electron chi connectivity index (χ4n) is 1.75. The van der Waals surface area contributed by atoms with Crippen LogP contribution in [0.3, 0.4) is 0 Å². The molecule has 0 saturated carbocycles. The van der Waals surface area contributed by atoms with Crippen LogP contribution in [-0.2, 0) is 0 Å². The highest BCUT2D eigenvalue weighted by molar-refractivity contribution is 7.12. The van der Waals surface area contributed by atoms with Gasteiger partial charge in [0.25, 0.3) is 5.91 Å². The van der Waals surface area contributed by atoms with E-state index in [9.17, 15) is 14.7 Å². The molecule has 1 amide bonds. The topological polar surface area (TPSA) is 81.3 Å². The van der Waals surface area contributed by atoms with Crippen molar-refractivity contribution in [3.05, 3.63) is 52.2 Å². The Kier molecular flexibility index (Phi) is 5.75. The molecule has 0 aliphatic rings. The van der Waals surface area contributed by atoms with Gasteiger partial charge >= 0.3 is 0 Å². The number of aromatic carboxylic acids is 1. The number of para-hydroxylation sites is 1. The molecule has 2 N–H and O–H groups in total. The number of carboxylic acids is 1. The number of hydrogen-bond donors (Lipinski definition) is 2. The second-order valence-corrected chi connectivity index (χ2v) is 7.72. The number of halogens is 3. The first-order valence-electron chi connectivity index (χ1n) is 6.27. The first-order chi connectivity index (χ1) is 10.8. The number of benzene rings is 1. The molecule has 1 atom stereocenters. The number of rotatable bonds is 5. The van der Waals surface area contributed by atoms with Gasteiger partial charge in [-0.05, 0) is 17.5 Å². The molecule has 0 fully saturated rings. The Morgan fingerprint density at radius 2 is 1.83 bits per heavy atom. The van der Waals surface area contributed by atoms with Gasteiger partial charge in [0.2, 0.25) is 3.79 Å². The molecule has 2 aromatic rings. The molecule has 0 aliphatic heterocycles. The largest absolute Gasteiger partial charge is 0.545 e. The molecule has 2 rings (SSSR count). The van der Waals surface area contributed by atoms with Gasteiger partial charge < -0.3 is 20.5 Å². The first-order valence-corrected chi connectivity index (χ1v) is 8.28. The Balaban J connectivity index is 2.24. The zero-order valence-corrected chi connectivity index (χ0v) is 14.5. The Hall–Kier alpha value is -1.47. The van der Waals surface area contributed by atoms with Gasteiger partial charge in [0.1, 0.15) is 6.17 Å². The van der Waals surface area contributed by atoms with Crippen LogP contribution in [0.5, 0.6) is 0 Å². The van der Waals surface area contributed by atoms with Crippen molar-refractivity contribution in [2.24, 2.45) is 0 Å². The average molecular weight is 393 g/mol. The minimum Gasteiger partial charge on any atom is -0.545 e. The Morgan fingerprint density at radius 3 is 2.39 bits per heavy atom. The maximum atomic E-state index is 12.1. The highest BCUT2D eigenvalue weighted by Crippen LogP contribution is 2.32. The molecule has 5 nitrogen and oxygen atoms in total. The van der Waals surface area contributed by atoms with E-state index in [1.165, 1.54) is 29.5 Å². The summed E-state index contributed by atoms with van der Waals surface area (Å²) < 4.78 is -1.91. The molecule has 1 aromatic carbocycles. The van der Waals surface area contributed by atoms with Gasteiger partial charge in [-0.15, -0.1) is 11.3 Å². The minimum atomic E-state index is -1.91. The number of carbonyl (C=O) groups is 2. The second-order valence-electron chi connectivity index (χ2n) is 4.40. The smallest absolute Gasteiger partial charge is 0.263 e. The summed E-state index contributed by atoms with van der Waals surface area (Å²) in [6.07, 6.45) is -1.15. The van der Waals surface area contributed by atoms with Crippen LogP contribution in [0.1, 0.15) is 20.0 Å². The van der Waals surface area contributed by atoms with Crippen molar-refractivity contribution >= 4 is 63.7 Å². The van der Waals surface area contributed by atoms with E-state index in [-0.39, 0.29) is 11.3 Å². The molecule has 1 heterocycles. The van der Waals surface area contributed by atoms with Gasteiger partial charge in [0, 0.05) is 11.3 Å². The number of nitrogens with one attached hydrogen (secondary N) is 2. The van der Waals surface area contributed by atoms with E-state index in [0.29, 0.717) is 4.88 Å². The predicted octanol–water partition coefficient (Wildman–Crippen LogP) is 2.65. The lowest BCUT2D eigenvalue weighted by atomic mass is 10.2. The number of thiophene rings is 1. The third-order valence-electron chi connectivity index (χ3n) is 2.79. The molecule has 1 aromatic heterocycles. The summed E-state index contributed by atoms with van der Waals surface area (Å²) in [5, 5.41) is 18.1. The van der Waals surface area contributed by atoms with Crippen LogP contribution in [0.25, 0.3) is 0 Å². The number of alkyl halides is 3. The van der Waals surface area contributed by atoms with Gasteiger partial charge in [0.15, 0.2) is 0 Å². The van der Waals surface area contributed by atoms with E-state index in [1.807, 2.05) is 0 Å². The third-order valence-corrected chi connectivity index (χ3v) is 4.32. The molecule has 0 spiro atoms. The van der Waals surface area contributed by atoms with E-state index >= 15 is 0 Å². The minimum absolute atomic E-state index is 0.114. The van der Waals surface area contributed by atoms with Crippen LogP contribution in [0.15, 0.2) is 41.8 Å². The summed E-state index contributed by atoms with van der Waals surface area (Å²) in [4.78, 5) is 23.7. The van der Waals surface area contributed by atoms with Crippen molar-refractivity contribution in [3.8, 4) is 0 Å². The van der Waals surface area contributed by atoms with E-state index in [2.05, 4.69) is 10.6 Å². The monoisotopic (exact) mass is 391 g/mol. The number of carboxylic acid groups (broad SMARTS) is 1. The summed E-state index contributed by atoms with van der Waals surface area (Å²) in [6.45, 7) is 0. The fraction of sp³-hybridized carbons (Fsp3) is 0.143. The molecule has 1 unspecified atom stereocenters.